The van der Waals surface area contributed by atoms with Crippen LogP contribution in [0.1, 0.15) is 17.3 Å². The molecule has 0 spiro atoms. The van der Waals surface area contributed by atoms with E-state index in [2.05, 4.69) is 15.9 Å². The van der Waals surface area contributed by atoms with Crippen molar-refractivity contribution in [3.63, 3.8) is 0 Å². The molecule has 0 saturated carbocycles. The molecule has 1 aromatic rings. The summed E-state index contributed by atoms with van der Waals surface area (Å²) in [5.41, 5.74) is 0.669. The first-order valence-electron chi connectivity index (χ1n) is 4.14. The topological polar surface area (TPSA) is 26.3 Å². The van der Waals surface area contributed by atoms with Crippen molar-refractivity contribution in [2.75, 3.05) is 0 Å². The first-order valence-corrected chi connectivity index (χ1v) is 5.05. The number of fused-ring (bicyclic) bond motifs is 1. The Balaban J connectivity index is 2.49. The van der Waals surface area contributed by atoms with Gasteiger partial charge in [-0.15, -0.1) is 0 Å². The van der Waals surface area contributed by atoms with Crippen LogP contribution in [0.4, 0.5) is 0 Å². The molecule has 1 heterocycles. The smallest absolute Gasteiger partial charge is 0.183 e. The molecule has 0 unspecified atom stereocenters. The van der Waals surface area contributed by atoms with Gasteiger partial charge >= 0.3 is 0 Å². The Labute approximate surface area is 85.0 Å². The van der Waals surface area contributed by atoms with Crippen LogP contribution in [0, 0.1) is 0 Å². The number of ether oxygens (including phenoxy) is 1. The highest BCUT2D eigenvalue weighted by Gasteiger charge is 2.31. The van der Waals surface area contributed by atoms with Crippen LogP contribution in [0.3, 0.4) is 0 Å². The summed E-state index contributed by atoms with van der Waals surface area (Å²) in [6, 6.07) is 7.32. The second kappa shape index (κ2) is 3.14. The second-order valence-electron chi connectivity index (χ2n) is 3.09. The van der Waals surface area contributed by atoms with E-state index in [1.807, 2.05) is 25.1 Å². The molecule has 2 atom stereocenters. The van der Waals surface area contributed by atoms with Crippen molar-refractivity contribution in [1.82, 2.24) is 0 Å². The normalized spacial score (nSPS) is 26.5. The Bertz CT molecular complexity index is 349. The Hall–Kier alpha value is -0.830. The second-order valence-corrected chi connectivity index (χ2v) is 4.07. The Morgan fingerprint density at radius 3 is 2.85 bits per heavy atom. The molecule has 0 radical (unpaired) electrons. The van der Waals surface area contributed by atoms with Crippen molar-refractivity contribution in [1.29, 1.82) is 0 Å². The van der Waals surface area contributed by atoms with E-state index in [1.54, 1.807) is 6.07 Å². The van der Waals surface area contributed by atoms with E-state index in [4.69, 9.17) is 4.74 Å². The van der Waals surface area contributed by atoms with E-state index in [9.17, 15) is 4.79 Å². The first-order chi connectivity index (χ1) is 6.20. The summed E-state index contributed by atoms with van der Waals surface area (Å²) in [7, 11) is 0. The van der Waals surface area contributed by atoms with Gasteiger partial charge in [-0.2, -0.15) is 0 Å². The molecule has 1 aromatic carbocycles. The lowest BCUT2D eigenvalue weighted by Crippen LogP contribution is -2.35. The first kappa shape index (κ1) is 8.75. The molecule has 1 aliphatic heterocycles. The zero-order valence-electron chi connectivity index (χ0n) is 7.16. The molecule has 1 aliphatic rings. The fraction of sp³-hybridized carbons (Fsp3) is 0.300. The monoisotopic (exact) mass is 240 g/mol. The Kier molecular flexibility index (Phi) is 2.12. The molecule has 0 saturated heterocycles. The number of ketones is 1. The third kappa shape index (κ3) is 1.37. The molecule has 13 heavy (non-hydrogen) atoms. The molecule has 0 N–H and O–H groups in total. The van der Waals surface area contributed by atoms with E-state index in [1.165, 1.54) is 0 Å². The lowest BCUT2D eigenvalue weighted by atomic mass is 10.0. The molecule has 0 aliphatic carbocycles. The Morgan fingerprint density at radius 2 is 2.08 bits per heavy atom. The number of hydrogen-bond acceptors (Lipinski definition) is 2. The average Bonchev–Trinajstić information content (AvgIpc) is 2.15. The van der Waals surface area contributed by atoms with Crippen LogP contribution in [0.15, 0.2) is 24.3 Å². The summed E-state index contributed by atoms with van der Waals surface area (Å²) in [5.74, 6) is 0.796. The van der Waals surface area contributed by atoms with Gasteiger partial charge in [-0.3, -0.25) is 4.79 Å². The molecule has 0 amide bonds. The standard InChI is InChI=1S/C10H9BrO2/c1-6-9(11)10(12)7-4-2-3-5-8(7)13-6/h2-6,9H,1H3/t6-,9+/m0/s1. The molecule has 3 heteroatoms. The SMILES string of the molecule is C[C@@H]1Oc2ccccc2C(=O)[C@@H]1Br. The van der Waals surface area contributed by atoms with E-state index < -0.39 is 0 Å². The van der Waals surface area contributed by atoms with Crippen molar-refractivity contribution < 1.29 is 9.53 Å². The minimum absolute atomic E-state index is 0.0950. The summed E-state index contributed by atoms with van der Waals surface area (Å²) in [5, 5.41) is 0. The maximum Gasteiger partial charge on any atom is 0.183 e. The number of Topliss-reactive ketones (excluding diaryl/α,β-unsaturated/α-hetero) is 1. The highest BCUT2D eigenvalue weighted by molar-refractivity contribution is 9.10. The lowest BCUT2D eigenvalue weighted by molar-refractivity contribution is 0.0891. The van der Waals surface area contributed by atoms with E-state index in [0.717, 1.165) is 0 Å². The van der Waals surface area contributed by atoms with Gasteiger partial charge in [-0.25, -0.2) is 0 Å². The minimum Gasteiger partial charge on any atom is -0.488 e. The van der Waals surface area contributed by atoms with Gasteiger partial charge in [0.05, 0.1) is 5.56 Å². The summed E-state index contributed by atoms with van der Waals surface area (Å²) in [6.07, 6.45) is -0.0950. The van der Waals surface area contributed by atoms with Crippen LogP contribution in [-0.4, -0.2) is 16.7 Å². The van der Waals surface area contributed by atoms with Gasteiger partial charge < -0.3 is 4.74 Å². The molecule has 0 aromatic heterocycles. The molecule has 2 rings (SSSR count). The fourth-order valence-corrected chi connectivity index (χ4v) is 1.75. The van der Waals surface area contributed by atoms with Crippen LogP contribution in [0.5, 0.6) is 5.75 Å². The fourth-order valence-electron chi connectivity index (χ4n) is 1.39. The molecule has 2 nitrogen and oxygen atoms in total. The van der Waals surface area contributed by atoms with Crippen molar-refractivity contribution in [2.45, 2.75) is 17.9 Å². The van der Waals surface area contributed by atoms with Crippen LogP contribution >= 0.6 is 15.9 Å². The van der Waals surface area contributed by atoms with Gasteiger partial charge in [-0.05, 0) is 19.1 Å². The summed E-state index contributed by atoms with van der Waals surface area (Å²) in [6.45, 7) is 1.88. The van der Waals surface area contributed by atoms with Crippen molar-refractivity contribution in [3.8, 4) is 5.75 Å². The molecular formula is C10H9BrO2. The van der Waals surface area contributed by atoms with Gasteiger partial charge in [0, 0.05) is 0 Å². The number of halogens is 1. The largest absolute Gasteiger partial charge is 0.488 e. The van der Waals surface area contributed by atoms with Gasteiger partial charge in [0.25, 0.3) is 0 Å². The average molecular weight is 241 g/mol. The van der Waals surface area contributed by atoms with Gasteiger partial charge in [0.2, 0.25) is 0 Å². The van der Waals surface area contributed by atoms with Crippen molar-refractivity contribution in [3.05, 3.63) is 29.8 Å². The quantitative estimate of drug-likeness (QED) is 0.652. The minimum atomic E-state index is -0.220. The zero-order chi connectivity index (χ0) is 9.42. The summed E-state index contributed by atoms with van der Waals surface area (Å²) in [4.78, 5) is 11.5. The predicted molar refractivity (Wildman–Crippen MR) is 53.6 cm³/mol. The molecule has 68 valence electrons. The number of para-hydroxylation sites is 1. The Morgan fingerprint density at radius 1 is 1.38 bits per heavy atom. The van der Waals surface area contributed by atoms with Crippen LogP contribution < -0.4 is 4.74 Å². The third-order valence-corrected chi connectivity index (χ3v) is 3.29. The van der Waals surface area contributed by atoms with Crippen LogP contribution in [0.2, 0.25) is 0 Å². The van der Waals surface area contributed by atoms with Crippen molar-refractivity contribution >= 4 is 21.7 Å². The van der Waals surface area contributed by atoms with E-state index >= 15 is 0 Å². The van der Waals surface area contributed by atoms with Crippen LogP contribution in [0.25, 0.3) is 0 Å². The number of carbonyl (C=O) groups excluding carboxylic acids is 1. The highest BCUT2D eigenvalue weighted by atomic mass is 79.9. The number of hydrogen-bond donors (Lipinski definition) is 0. The van der Waals surface area contributed by atoms with Crippen molar-refractivity contribution in [2.24, 2.45) is 0 Å². The maximum absolute atomic E-state index is 11.7. The van der Waals surface area contributed by atoms with E-state index in [-0.39, 0.29) is 16.7 Å². The molecular weight excluding hydrogens is 232 g/mol. The van der Waals surface area contributed by atoms with Crippen LogP contribution in [-0.2, 0) is 0 Å². The maximum atomic E-state index is 11.7. The number of benzene rings is 1. The predicted octanol–water partition coefficient (Wildman–Crippen LogP) is 2.41. The number of rotatable bonds is 0. The number of alkyl halides is 1. The van der Waals surface area contributed by atoms with Gasteiger partial charge in [0.1, 0.15) is 16.7 Å². The van der Waals surface area contributed by atoms with Gasteiger partial charge in [0.15, 0.2) is 5.78 Å². The molecule has 0 fully saturated rings. The van der Waals surface area contributed by atoms with Gasteiger partial charge in [-0.1, -0.05) is 28.1 Å². The summed E-state index contributed by atoms with van der Waals surface area (Å²) >= 11 is 3.31. The lowest BCUT2D eigenvalue weighted by Gasteiger charge is -2.26. The number of carbonyl (C=O) groups is 1. The third-order valence-electron chi connectivity index (χ3n) is 2.13. The van der Waals surface area contributed by atoms with E-state index in [0.29, 0.717) is 11.3 Å². The zero-order valence-corrected chi connectivity index (χ0v) is 8.74. The molecule has 0 bridgehead atoms. The summed E-state index contributed by atoms with van der Waals surface area (Å²) < 4.78 is 5.55. The highest BCUT2D eigenvalue weighted by Crippen LogP contribution is 2.30.